The summed E-state index contributed by atoms with van der Waals surface area (Å²) in [5, 5.41) is 4.79. The summed E-state index contributed by atoms with van der Waals surface area (Å²) in [6.45, 7) is 18.8. The summed E-state index contributed by atoms with van der Waals surface area (Å²) in [5.41, 5.74) is 1.18. The molecule has 2 aromatic heterocycles. The Hall–Kier alpha value is -1.58. The van der Waals surface area contributed by atoms with Gasteiger partial charge in [0.15, 0.2) is 0 Å². The van der Waals surface area contributed by atoms with Gasteiger partial charge in [0.25, 0.3) is 5.56 Å². The molecule has 2 heterocycles. The highest BCUT2D eigenvalue weighted by atomic mass is 16.1. The van der Waals surface area contributed by atoms with Crippen LogP contribution in [0.15, 0.2) is 17.1 Å². The Labute approximate surface area is 133 Å². The maximum atomic E-state index is 13.3. The molecule has 4 heteroatoms. The summed E-state index contributed by atoms with van der Waals surface area (Å²) in [7, 11) is 0. The molecule has 0 spiro atoms. The van der Waals surface area contributed by atoms with E-state index in [0.717, 1.165) is 11.4 Å². The van der Waals surface area contributed by atoms with Crippen molar-refractivity contribution in [1.29, 1.82) is 0 Å². The average Bonchev–Trinajstić information content (AvgIpc) is 2.69. The zero-order valence-corrected chi connectivity index (χ0v) is 15.4. The van der Waals surface area contributed by atoms with Crippen LogP contribution in [0.1, 0.15) is 73.7 Å². The molecule has 0 fully saturated rings. The Morgan fingerprint density at radius 1 is 0.909 bits per heavy atom. The smallest absolute Gasteiger partial charge is 0.278 e. The first-order chi connectivity index (χ1) is 9.74. The molecule has 0 bridgehead atoms. The van der Waals surface area contributed by atoms with Crippen LogP contribution < -0.4 is 5.56 Å². The van der Waals surface area contributed by atoms with E-state index in [1.807, 2.05) is 16.8 Å². The van der Waals surface area contributed by atoms with Crippen LogP contribution in [-0.4, -0.2) is 14.2 Å². The molecule has 0 N–H and O–H groups in total. The van der Waals surface area contributed by atoms with Crippen molar-refractivity contribution < 1.29 is 0 Å². The fourth-order valence-electron chi connectivity index (χ4n) is 2.78. The van der Waals surface area contributed by atoms with Crippen molar-refractivity contribution in [1.82, 2.24) is 14.2 Å². The highest BCUT2D eigenvalue weighted by molar-refractivity contribution is 5.56. The monoisotopic (exact) mass is 303 g/mol. The van der Waals surface area contributed by atoms with Crippen LogP contribution in [0.5, 0.6) is 0 Å². The van der Waals surface area contributed by atoms with Crippen molar-refractivity contribution in [3.8, 4) is 0 Å². The van der Waals surface area contributed by atoms with Gasteiger partial charge in [0.2, 0.25) is 0 Å². The lowest BCUT2D eigenvalue weighted by atomic mass is 9.88. The van der Waals surface area contributed by atoms with Crippen LogP contribution in [0.4, 0.5) is 0 Å². The predicted molar refractivity (Wildman–Crippen MR) is 91.8 cm³/mol. The molecule has 2 aromatic rings. The Bertz CT molecular complexity index is 759. The van der Waals surface area contributed by atoms with E-state index in [4.69, 9.17) is 5.10 Å². The largest absolute Gasteiger partial charge is 0.288 e. The highest BCUT2D eigenvalue weighted by Gasteiger charge is 2.31. The summed E-state index contributed by atoms with van der Waals surface area (Å²) in [5.74, 6) is 0.813. The first-order valence-corrected chi connectivity index (χ1v) is 7.90. The summed E-state index contributed by atoms with van der Waals surface area (Å²) >= 11 is 0. The van der Waals surface area contributed by atoms with Gasteiger partial charge < -0.3 is 0 Å². The minimum atomic E-state index is -0.312. The first kappa shape index (κ1) is 16.8. The maximum absolute atomic E-state index is 13.3. The van der Waals surface area contributed by atoms with Gasteiger partial charge in [0.1, 0.15) is 11.3 Å². The second-order valence-corrected chi connectivity index (χ2v) is 9.16. The summed E-state index contributed by atoms with van der Waals surface area (Å²) in [6.07, 6.45) is 1.90. The van der Waals surface area contributed by atoms with Crippen molar-refractivity contribution >= 4 is 5.52 Å². The van der Waals surface area contributed by atoms with Gasteiger partial charge in [0.05, 0.1) is 0 Å². The topological polar surface area (TPSA) is 39.3 Å². The lowest BCUT2D eigenvalue weighted by Gasteiger charge is -2.31. The van der Waals surface area contributed by atoms with E-state index in [0.29, 0.717) is 5.52 Å². The van der Waals surface area contributed by atoms with E-state index in [2.05, 4.69) is 62.3 Å². The van der Waals surface area contributed by atoms with Gasteiger partial charge >= 0.3 is 0 Å². The van der Waals surface area contributed by atoms with Gasteiger partial charge in [-0.2, -0.15) is 5.10 Å². The standard InChI is InChI=1S/C18H29N3O/c1-16(2,3)12-10-11-20-13(12)14(22)21(18(7,8)9)15(19-20)17(4,5)6/h10-11H,1-9H3. The van der Waals surface area contributed by atoms with Gasteiger partial charge in [-0.05, 0) is 37.8 Å². The van der Waals surface area contributed by atoms with Crippen LogP contribution >= 0.6 is 0 Å². The van der Waals surface area contributed by atoms with Crippen molar-refractivity contribution in [2.45, 2.75) is 78.7 Å². The normalized spacial score (nSPS) is 13.9. The molecule has 22 heavy (non-hydrogen) atoms. The van der Waals surface area contributed by atoms with Gasteiger partial charge in [-0.15, -0.1) is 0 Å². The number of fused-ring (bicyclic) bond motifs is 1. The molecule has 0 atom stereocenters. The van der Waals surface area contributed by atoms with Crippen LogP contribution in [0.2, 0.25) is 0 Å². The number of hydrogen-bond donors (Lipinski definition) is 0. The van der Waals surface area contributed by atoms with Gasteiger partial charge in [-0.1, -0.05) is 41.5 Å². The fraction of sp³-hybridized carbons (Fsp3) is 0.667. The van der Waals surface area contributed by atoms with Gasteiger partial charge in [-0.25, -0.2) is 4.52 Å². The zero-order chi connectivity index (χ0) is 17.1. The Balaban J connectivity index is 3.01. The fourth-order valence-corrected chi connectivity index (χ4v) is 2.78. The third kappa shape index (κ3) is 2.71. The molecular weight excluding hydrogens is 274 g/mol. The van der Waals surface area contributed by atoms with E-state index >= 15 is 0 Å². The Morgan fingerprint density at radius 2 is 1.45 bits per heavy atom. The summed E-state index contributed by atoms with van der Waals surface area (Å²) < 4.78 is 3.61. The molecule has 0 unspecified atom stereocenters. The minimum absolute atomic E-state index is 0.0438. The highest BCUT2D eigenvalue weighted by Crippen LogP contribution is 2.28. The van der Waals surface area contributed by atoms with E-state index < -0.39 is 0 Å². The van der Waals surface area contributed by atoms with E-state index in [-0.39, 0.29) is 21.9 Å². The maximum Gasteiger partial charge on any atom is 0.278 e. The van der Waals surface area contributed by atoms with Crippen molar-refractivity contribution in [2.75, 3.05) is 0 Å². The third-order valence-corrected chi connectivity index (χ3v) is 3.84. The summed E-state index contributed by atoms with van der Waals surface area (Å²) in [4.78, 5) is 13.3. The van der Waals surface area contributed by atoms with Crippen LogP contribution in [0, 0.1) is 0 Å². The zero-order valence-electron chi connectivity index (χ0n) is 15.4. The Morgan fingerprint density at radius 3 is 1.86 bits per heavy atom. The van der Waals surface area contributed by atoms with E-state index in [1.165, 1.54) is 0 Å². The quantitative estimate of drug-likeness (QED) is 0.741. The van der Waals surface area contributed by atoms with Gasteiger partial charge in [0, 0.05) is 17.2 Å². The molecule has 0 saturated heterocycles. The summed E-state index contributed by atoms with van der Waals surface area (Å²) in [6, 6.07) is 2.02. The lowest BCUT2D eigenvalue weighted by Crippen LogP contribution is -2.42. The predicted octanol–water partition coefficient (Wildman–Crippen LogP) is 3.85. The SMILES string of the molecule is CC(C)(C)c1ccn2nc(C(C)(C)C)n(C(C)(C)C)c(=O)c12. The van der Waals surface area contributed by atoms with Crippen LogP contribution in [0.3, 0.4) is 0 Å². The van der Waals surface area contributed by atoms with Crippen LogP contribution in [-0.2, 0) is 16.4 Å². The van der Waals surface area contributed by atoms with E-state index in [1.54, 1.807) is 4.52 Å². The molecule has 0 amide bonds. The molecule has 0 aliphatic rings. The lowest BCUT2D eigenvalue weighted by molar-refractivity contribution is 0.329. The van der Waals surface area contributed by atoms with Crippen molar-refractivity contribution in [3.63, 3.8) is 0 Å². The molecule has 2 rings (SSSR count). The second-order valence-electron chi connectivity index (χ2n) is 9.16. The van der Waals surface area contributed by atoms with E-state index in [9.17, 15) is 4.79 Å². The first-order valence-electron chi connectivity index (χ1n) is 7.90. The molecular formula is C18H29N3O. The molecule has 0 aliphatic heterocycles. The number of nitrogens with zero attached hydrogens (tertiary/aromatic N) is 3. The molecule has 122 valence electrons. The second kappa shape index (κ2) is 4.71. The van der Waals surface area contributed by atoms with Gasteiger partial charge in [-0.3, -0.25) is 9.36 Å². The van der Waals surface area contributed by atoms with Crippen molar-refractivity contribution in [2.24, 2.45) is 0 Å². The molecule has 0 aliphatic carbocycles. The number of hydrogen-bond acceptors (Lipinski definition) is 2. The molecule has 0 saturated carbocycles. The molecule has 0 aromatic carbocycles. The van der Waals surface area contributed by atoms with Crippen LogP contribution in [0.25, 0.3) is 5.52 Å². The molecule has 4 nitrogen and oxygen atoms in total. The third-order valence-electron chi connectivity index (χ3n) is 3.84. The average molecular weight is 303 g/mol. The minimum Gasteiger partial charge on any atom is -0.288 e. The molecule has 0 radical (unpaired) electrons. The Kier molecular flexibility index (Phi) is 3.59. The number of rotatable bonds is 0. The van der Waals surface area contributed by atoms with Crippen molar-refractivity contribution in [3.05, 3.63) is 34.0 Å². The number of aromatic nitrogens is 3.